The van der Waals surface area contributed by atoms with E-state index in [2.05, 4.69) is 32.5 Å². The normalized spacial score (nSPS) is 45.3. The number of fused-ring (bicyclic) bond motifs is 5. The molecule has 0 aromatic rings. The smallest absolute Gasteiger partial charge is 0.305 e. The lowest BCUT2D eigenvalue weighted by atomic mass is 9.44. The maximum atomic E-state index is 11.6. The minimum absolute atomic E-state index is 0.0299. The van der Waals surface area contributed by atoms with Crippen LogP contribution in [0, 0.1) is 40.4 Å². The molecule has 0 saturated heterocycles. The quantitative estimate of drug-likeness (QED) is 0.388. The second-order valence-corrected chi connectivity index (χ2v) is 13.0. The zero-order chi connectivity index (χ0) is 21.4. The van der Waals surface area contributed by atoms with Crippen molar-refractivity contribution in [2.75, 3.05) is 12.9 Å². The molecule has 0 aliphatic heterocycles. The van der Waals surface area contributed by atoms with Crippen molar-refractivity contribution in [3.05, 3.63) is 0 Å². The maximum Gasteiger partial charge on any atom is 0.305 e. The molecule has 0 radical (unpaired) electrons. The Morgan fingerprint density at radius 3 is 2.57 bits per heavy atom. The standard InChI is InChI=1S/C27H46O2S/c1-5-17-30-24-18-20-21-13-12-19(9-8-11-25(28)29-4)26(21,2)16-14-22(20)27(3)15-7-6-10-23(24)27/h19-24H,5-18H2,1-4H3. The van der Waals surface area contributed by atoms with Crippen LogP contribution in [0.1, 0.15) is 104 Å². The Balaban J connectivity index is 1.50. The number of rotatable bonds is 7. The maximum absolute atomic E-state index is 11.6. The van der Waals surface area contributed by atoms with Crippen LogP contribution in [-0.2, 0) is 9.53 Å². The zero-order valence-electron chi connectivity index (χ0n) is 20.1. The molecule has 4 aliphatic rings. The van der Waals surface area contributed by atoms with Crippen molar-refractivity contribution in [2.24, 2.45) is 40.4 Å². The van der Waals surface area contributed by atoms with Gasteiger partial charge in [0, 0.05) is 11.7 Å². The van der Waals surface area contributed by atoms with Crippen LogP contribution in [0.25, 0.3) is 0 Å². The van der Waals surface area contributed by atoms with Crippen molar-refractivity contribution in [1.29, 1.82) is 0 Å². The van der Waals surface area contributed by atoms with Crippen LogP contribution >= 0.6 is 11.8 Å². The lowest BCUT2D eigenvalue weighted by Gasteiger charge is -2.62. The van der Waals surface area contributed by atoms with E-state index in [4.69, 9.17) is 4.74 Å². The number of methoxy groups -OCH3 is 1. The zero-order valence-corrected chi connectivity index (χ0v) is 20.9. The molecule has 0 amide bonds. The summed E-state index contributed by atoms with van der Waals surface area (Å²) in [6.07, 6.45) is 17.4. The van der Waals surface area contributed by atoms with Crippen molar-refractivity contribution >= 4 is 17.7 Å². The lowest BCUT2D eigenvalue weighted by molar-refractivity contribution is -0.140. The lowest BCUT2D eigenvalue weighted by Crippen LogP contribution is -2.56. The summed E-state index contributed by atoms with van der Waals surface area (Å²) in [7, 11) is 1.52. The minimum Gasteiger partial charge on any atom is -0.469 e. The summed E-state index contributed by atoms with van der Waals surface area (Å²) < 4.78 is 4.88. The van der Waals surface area contributed by atoms with Gasteiger partial charge in [-0.2, -0.15) is 11.8 Å². The first kappa shape index (κ1) is 23.0. The fourth-order valence-corrected chi connectivity index (χ4v) is 10.5. The minimum atomic E-state index is -0.0299. The highest BCUT2D eigenvalue weighted by molar-refractivity contribution is 7.99. The average Bonchev–Trinajstić information content (AvgIpc) is 3.08. The fourth-order valence-electron chi connectivity index (χ4n) is 8.95. The Morgan fingerprint density at radius 2 is 1.80 bits per heavy atom. The van der Waals surface area contributed by atoms with Crippen LogP contribution in [0.4, 0.5) is 0 Å². The Kier molecular flexibility index (Phi) is 7.17. The molecule has 8 unspecified atom stereocenters. The van der Waals surface area contributed by atoms with Gasteiger partial charge in [-0.25, -0.2) is 0 Å². The van der Waals surface area contributed by atoms with Gasteiger partial charge in [-0.1, -0.05) is 33.6 Å². The molecule has 3 heteroatoms. The predicted molar refractivity (Wildman–Crippen MR) is 128 cm³/mol. The van der Waals surface area contributed by atoms with Crippen LogP contribution in [0.2, 0.25) is 0 Å². The fraction of sp³-hybridized carbons (Fsp3) is 0.963. The topological polar surface area (TPSA) is 26.3 Å². The highest BCUT2D eigenvalue weighted by Crippen LogP contribution is 2.68. The molecule has 0 spiro atoms. The van der Waals surface area contributed by atoms with Gasteiger partial charge in [0.05, 0.1) is 7.11 Å². The monoisotopic (exact) mass is 434 g/mol. The van der Waals surface area contributed by atoms with Crippen LogP contribution in [-0.4, -0.2) is 24.1 Å². The third-order valence-corrected chi connectivity index (χ3v) is 12.1. The van der Waals surface area contributed by atoms with E-state index in [1.165, 1.54) is 83.5 Å². The van der Waals surface area contributed by atoms with Crippen molar-refractivity contribution in [3.8, 4) is 0 Å². The van der Waals surface area contributed by atoms with E-state index in [-0.39, 0.29) is 5.97 Å². The highest BCUT2D eigenvalue weighted by Gasteiger charge is 2.61. The Bertz CT molecular complexity index is 606. The molecular formula is C27H46O2S. The molecule has 0 aromatic heterocycles. The van der Waals surface area contributed by atoms with Gasteiger partial charge in [-0.05, 0) is 110 Å². The molecule has 8 atom stereocenters. The van der Waals surface area contributed by atoms with Gasteiger partial charge in [-0.3, -0.25) is 4.79 Å². The summed E-state index contributed by atoms with van der Waals surface area (Å²) >= 11 is 2.34. The molecule has 2 nitrogen and oxygen atoms in total. The van der Waals surface area contributed by atoms with E-state index in [0.29, 0.717) is 17.3 Å². The summed E-state index contributed by atoms with van der Waals surface area (Å²) in [6, 6.07) is 0. The van der Waals surface area contributed by atoms with Crippen molar-refractivity contribution in [2.45, 2.75) is 109 Å². The molecule has 0 bridgehead atoms. The average molecular weight is 435 g/mol. The molecule has 0 aromatic carbocycles. The molecular weight excluding hydrogens is 388 g/mol. The second kappa shape index (κ2) is 9.36. The summed E-state index contributed by atoms with van der Waals surface area (Å²) in [5.74, 6) is 6.00. The first-order valence-corrected chi connectivity index (χ1v) is 14.2. The number of carbonyl (C=O) groups excluding carboxylic acids is 1. The Labute approximate surface area is 190 Å². The number of thioether (sulfide) groups is 1. The van der Waals surface area contributed by atoms with Gasteiger partial charge < -0.3 is 4.74 Å². The van der Waals surface area contributed by atoms with E-state index in [0.717, 1.165) is 41.3 Å². The van der Waals surface area contributed by atoms with Gasteiger partial charge in [0.2, 0.25) is 0 Å². The van der Waals surface area contributed by atoms with E-state index in [1.54, 1.807) is 0 Å². The van der Waals surface area contributed by atoms with Crippen LogP contribution < -0.4 is 0 Å². The Morgan fingerprint density at radius 1 is 1.00 bits per heavy atom. The summed E-state index contributed by atoms with van der Waals surface area (Å²) in [5.41, 5.74) is 1.13. The largest absolute Gasteiger partial charge is 0.469 e. The number of ether oxygens (including phenoxy) is 1. The summed E-state index contributed by atoms with van der Waals surface area (Å²) in [6.45, 7) is 7.72. The molecule has 4 rings (SSSR count). The number of carbonyl (C=O) groups is 1. The highest BCUT2D eigenvalue weighted by atomic mass is 32.2. The van der Waals surface area contributed by atoms with Gasteiger partial charge in [0.1, 0.15) is 0 Å². The van der Waals surface area contributed by atoms with E-state index in [1.807, 2.05) is 0 Å². The Hall–Kier alpha value is -0.180. The third-order valence-electron chi connectivity index (χ3n) is 10.5. The van der Waals surface area contributed by atoms with E-state index >= 15 is 0 Å². The molecule has 0 N–H and O–H groups in total. The van der Waals surface area contributed by atoms with Crippen LogP contribution in [0.15, 0.2) is 0 Å². The number of hydrogen-bond donors (Lipinski definition) is 0. The summed E-state index contributed by atoms with van der Waals surface area (Å²) in [4.78, 5) is 11.6. The van der Waals surface area contributed by atoms with Crippen molar-refractivity contribution < 1.29 is 9.53 Å². The SMILES string of the molecule is CCCSC1CC2C3CCC(CCCC(=O)OC)C3(C)CCC2C2(C)CCCCC12. The van der Waals surface area contributed by atoms with E-state index < -0.39 is 0 Å². The second-order valence-electron chi connectivity index (χ2n) is 11.7. The van der Waals surface area contributed by atoms with E-state index in [9.17, 15) is 4.79 Å². The predicted octanol–water partition coefficient (Wildman–Crippen LogP) is 7.50. The van der Waals surface area contributed by atoms with Gasteiger partial charge in [0.25, 0.3) is 0 Å². The molecule has 0 heterocycles. The molecule has 4 saturated carbocycles. The molecule has 4 aliphatic carbocycles. The van der Waals surface area contributed by atoms with Crippen molar-refractivity contribution in [1.82, 2.24) is 0 Å². The third kappa shape index (κ3) is 3.99. The molecule has 4 fully saturated rings. The molecule has 30 heavy (non-hydrogen) atoms. The number of hydrogen-bond acceptors (Lipinski definition) is 3. The van der Waals surface area contributed by atoms with Gasteiger partial charge >= 0.3 is 5.97 Å². The number of esters is 1. The molecule has 172 valence electrons. The first-order chi connectivity index (χ1) is 14.4. The first-order valence-electron chi connectivity index (χ1n) is 13.1. The summed E-state index contributed by atoms with van der Waals surface area (Å²) in [5, 5.41) is 0.914. The van der Waals surface area contributed by atoms with Crippen LogP contribution in [0.3, 0.4) is 0 Å². The van der Waals surface area contributed by atoms with Gasteiger partial charge in [0.15, 0.2) is 0 Å². The van der Waals surface area contributed by atoms with Gasteiger partial charge in [-0.15, -0.1) is 0 Å². The van der Waals surface area contributed by atoms with Crippen LogP contribution in [0.5, 0.6) is 0 Å². The van der Waals surface area contributed by atoms with Crippen molar-refractivity contribution in [3.63, 3.8) is 0 Å².